The van der Waals surface area contributed by atoms with Crippen molar-refractivity contribution in [1.82, 2.24) is 9.55 Å². The molecular formula is C14H15N3O4. The molecular weight excluding hydrogens is 274 g/mol. The van der Waals surface area contributed by atoms with Gasteiger partial charge in [0.05, 0.1) is 18.7 Å². The molecule has 1 aromatic carbocycles. The second-order valence-corrected chi connectivity index (χ2v) is 4.81. The summed E-state index contributed by atoms with van der Waals surface area (Å²) in [5.74, 6) is -0.469. The van der Waals surface area contributed by atoms with Crippen LogP contribution >= 0.6 is 0 Å². The van der Waals surface area contributed by atoms with E-state index in [0.717, 1.165) is 5.39 Å². The third-order valence-corrected chi connectivity index (χ3v) is 3.47. The number of hydrogen-bond donors (Lipinski definition) is 1. The molecule has 1 aromatic heterocycles. The fourth-order valence-corrected chi connectivity index (χ4v) is 2.52. The number of para-hydroxylation sites is 1. The first-order valence-corrected chi connectivity index (χ1v) is 6.71. The highest BCUT2D eigenvalue weighted by Gasteiger charge is 2.18. The van der Waals surface area contributed by atoms with Crippen molar-refractivity contribution in [2.45, 2.75) is 6.54 Å². The average molecular weight is 289 g/mol. The maximum absolute atomic E-state index is 12.2. The molecule has 0 saturated carbocycles. The molecule has 7 heteroatoms. The van der Waals surface area contributed by atoms with Gasteiger partial charge in [0.25, 0.3) is 0 Å². The maximum Gasteiger partial charge on any atom is 0.350 e. The number of fused-ring (bicyclic) bond motifs is 1. The summed E-state index contributed by atoms with van der Waals surface area (Å²) in [7, 11) is 0. The molecule has 1 N–H and O–H groups in total. The van der Waals surface area contributed by atoms with E-state index in [2.05, 4.69) is 4.98 Å². The van der Waals surface area contributed by atoms with Crippen LogP contribution in [-0.2, 0) is 16.1 Å². The summed E-state index contributed by atoms with van der Waals surface area (Å²) in [6.45, 7) is 2.12. The zero-order valence-electron chi connectivity index (χ0n) is 11.4. The number of carboxylic acid groups (broad SMARTS) is 1. The van der Waals surface area contributed by atoms with Gasteiger partial charge in [0.1, 0.15) is 12.4 Å². The molecule has 1 fully saturated rings. The summed E-state index contributed by atoms with van der Waals surface area (Å²) in [6.07, 6.45) is 0. The third kappa shape index (κ3) is 2.59. The number of carboxylic acids is 1. The minimum atomic E-state index is -1.07. The minimum Gasteiger partial charge on any atom is -0.480 e. The fourth-order valence-electron chi connectivity index (χ4n) is 2.52. The van der Waals surface area contributed by atoms with Crippen LogP contribution < -0.4 is 10.6 Å². The smallest absolute Gasteiger partial charge is 0.350 e. The van der Waals surface area contributed by atoms with E-state index in [1.54, 1.807) is 12.1 Å². The number of hydrogen-bond acceptors (Lipinski definition) is 5. The van der Waals surface area contributed by atoms with E-state index >= 15 is 0 Å². The Bertz CT molecular complexity index is 735. The molecule has 1 aliphatic heterocycles. The highest BCUT2D eigenvalue weighted by atomic mass is 16.5. The minimum absolute atomic E-state index is 0.393. The maximum atomic E-state index is 12.2. The lowest BCUT2D eigenvalue weighted by molar-refractivity contribution is -0.137. The van der Waals surface area contributed by atoms with E-state index in [1.165, 1.54) is 4.57 Å². The summed E-state index contributed by atoms with van der Waals surface area (Å²) < 4.78 is 6.49. The molecule has 0 atom stereocenters. The summed E-state index contributed by atoms with van der Waals surface area (Å²) in [6, 6.07) is 7.23. The van der Waals surface area contributed by atoms with E-state index in [0.29, 0.717) is 37.6 Å². The van der Waals surface area contributed by atoms with Crippen LogP contribution in [0.1, 0.15) is 0 Å². The highest BCUT2D eigenvalue weighted by molar-refractivity contribution is 5.90. The quantitative estimate of drug-likeness (QED) is 0.876. The Morgan fingerprint density at radius 3 is 2.71 bits per heavy atom. The predicted molar refractivity (Wildman–Crippen MR) is 76.7 cm³/mol. The lowest BCUT2D eigenvalue weighted by Crippen LogP contribution is -2.39. The van der Waals surface area contributed by atoms with Gasteiger partial charge in [-0.1, -0.05) is 12.1 Å². The molecule has 2 heterocycles. The summed E-state index contributed by atoms with van der Waals surface area (Å²) in [5.41, 5.74) is 0.0407. The standard InChI is InChI=1S/C14H15N3O4/c18-12(19)9-17-11-4-2-1-3-10(11)13(15-14(17)20)16-5-7-21-8-6-16/h1-4H,5-9H2,(H,18,19). The van der Waals surface area contributed by atoms with Gasteiger partial charge in [0.2, 0.25) is 0 Å². The number of morpholine rings is 1. The molecule has 7 nitrogen and oxygen atoms in total. The first-order chi connectivity index (χ1) is 10.2. The molecule has 21 heavy (non-hydrogen) atoms. The Morgan fingerprint density at radius 2 is 2.00 bits per heavy atom. The number of benzene rings is 1. The number of aliphatic carboxylic acids is 1. The second kappa shape index (κ2) is 5.53. The van der Waals surface area contributed by atoms with E-state index in [4.69, 9.17) is 9.84 Å². The van der Waals surface area contributed by atoms with Gasteiger partial charge in [-0.05, 0) is 12.1 Å². The highest BCUT2D eigenvalue weighted by Crippen LogP contribution is 2.23. The number of anilines is 1. The van der Waals surface area contributed by atoms with Crippen LogP contribution in [0, 0.1) is 0 Å². The van der Waals surface area contributed by atoms with Gasteiger partial charge in [-0.25, -0.2) is 4.79 Å². The fraction of sp³-hybridized carbons (Fsp3) is 0.357. The summed E-state index contributed by atoms with van der Waals surface area (Å²) >= 11 is 0. The largest absolute Gasteiger partial charge is 0.480 e. The first-order valence-electron chi connectivity index (χ1n) is 6.71. The van der Waals surface area contributed by atoms with Gasteiger partial charge in [0, 0.05) is 18.5 Å². The number of rotatable bonds is 3. The number of ether oxygens (including phenoxy) is 1. The molecule has 3 rings (SSSR count). The van der Waals surface area contributed by atoms with E-state index < -0.39 is 18.2 Å². The molecule has 2 aromatic rings. The molecule has 1 aliphatic rings. The van der Waals surface area contributed by atoms with Gasteiger partial charge in [0.15, 0.2) is 0 Å². The van der Waals surface area contributed by atoms with Gasteiger partial charge in [-0.15, -0.1) is 0 Å². The molecule has 0 bridgehead atoms. The van der Waals surface area contributed by atoms with Gasteiger partial charge in [-0.3, -0.25) is 9.36 Å². The molecule has 0 amide bonds. The average Bonchev–Trinajstić information content (AvgIpc) is 2.50. The Labute approximate surface area is 120 Å². The third-order valence-electron chi connectivity index (χ3n) is 3.47. The van der Waals surface area contributed by atoms with Crippen molar-refractivity contribution >= 4 is 22.7 Å². The van der Waals surface area contributed by atoms with Crippen molar-refractivity contribution in [1.29, 1.82) is 0 Å². The molecule has 0 spiro atoms. The van der Waals surface area contributed by atoms with Crippen molar-refractivity contribution in [2.24, 2.45) is 0 Å². The van der Waals surface area contributed by atoms with Crippen LogP contribution in [0.5, 0.6) is 0 Å². The van der Waals surface area contributed by atoms with Crippen molar-refractivity contribution in [3.8, 4) is 0 Å². The van der Waals surface area contributed by atoms with E-state index in [9.17, 15) is 9.59 Å². The van der Waals surface area contributed by atoms with Crippen molar-refractivity contribution in [3.05, 3.63) is 34.7 Å². The van der Waals surface area contributed by atoms with Crippen LogP contribution in [0.4, 0.5) is 5.82 Å². The lowest BCUT2D eigenvalue weighted by Gasteiger charge is -2.28. The van der Waals surface area contributed by atoms with Crippen LogP contribution in [-0.4, -0.2) is 46.9 Å². The lowest BCUT2D eigenvalue weighted by atomic mass is 10.2. The SMILES string of the molecule is O=C(O)Cn1c(=O)nc(N2CCOCC2)c2ccccc21. The predicted octanol–water partition coefficient (Wildman–Crippen LogP) is 0.318. The number of nitrogens with zero attached hydrogens (tertiary/aromatic N) is 3. The van der Waals surface area contributed by atoms with Gasteiger partial charge in [-0.2, -0.15) is 4.98 Å². The Kier molecular flexibility index (Phi) is 3.57. The van der Waals surface area contributed by atoms with E-state index in [1.807, 2.05) is 17.0 Å². The number of aromatic nitrogens is 2. The van der Waals surface area contributed by atoms with Gasteiger partial charge >= 0.3 is 11.7 Å². The van der Waals surface area contributed by atoms with Gasteiger partial charge < -0.3 is 14.7 Å². The zero-order valence-corrected chi connectivity index (χ0v) is 11.4. The topological polar surface area (TPSA) is 84.7 Å². The Morgan fingerprint density at radius 1 is 1.29 bits per heavy atom. The first kappa shape index (κ1) is 13.6. The molecule has 0 radical (unpaired) electrons. The molecule has 0 unspecified atom stereocenters. The van der Waals surface area contributed by atoms with Crippen LogP contribution in [0.3, 0.4) is 0 Å². The Balaban J connectivity index is 2.18. The monoisotopic (exact) mass is 289 g/mol. The summed E-state index contributed by atoms with van der Waals surface area (Å²) in [5, 5.41) is 9.73. The van der Waals surface area contributed by atoms with Crippen LogP contribution in [0.2, 0.25) is 0 Å². The van der Waals surface area contributed by atoms with Crippen molar-refractivity contribution in [3.63, 3.8) is 0 Å². The normalized spacial score (nSPS) is 15.3. The molecule has 1 saturated heterocycles. The van der Waals surface area contributed by atoms with Crippen molar-refractivity contribution in [2.75, 3.05) is 31.2 Å². The zero-order chi connectivity index (χ0) is 14.8. The van der Waals surface area contributed by atoms with Crippen LogP contribution in [0.25, 0.3) is 10.9 Å². The summed E-state index contributed by atoms with van der Waals surface area (Å²) in [4.78, 5) is 29.2. The number of carbonyl (C=O) groups is 1. The Hall–Kier alpha value is -2.41. The van der Waals surface area contributed by atoms with Crippen molar-refractivity contribution < 1.29 is 14.6 Å². The second-order valence-electron chi connectivity index (χ2n) is 4.81. The molecule has 110 valence electrons. The van der Waals surface area contributed by atoms with Crippen LogP contribution in [0.15, 0.2) is 29.1 Å². The van der Waals surface area contributed by atoms with E-state index in [-0.39, 0.29) is 0 Å². The molecule has 0 aliphatic carbocycles.